The maximum atomic E-state index is 13.8. The molecule has 2 spiro atoms. The van der Waals surface area contributed by atoms with Gasteiger partial charge in [-0.25, -0.2) is 0 Å². The van der Waals surface area contributed by atoms with Crippen molar-refractivity contribution in [2.45, 2.75) is 39.5 Å². The van der Waals surface area contributed by atoms with Crippen molar-refractivity contribution < 1.29 is 28.8 Å². The molecule has 2 heterocycles. The topological polar surface area (TPSA) is 109 Å². The molecule has 0 radical (unpaired) electrons. The van der Waals surface area contributed by atoms with Gasteiger partial charge in [0.25, 0.3) is 0 Å². The molecule has 10 unspecified atom stereocenters. The number of nitrogens with zero attached hydrogens (tertiary/aromatic N) is 2. The van der Waals surface area contributed by atoms with Gasteiger partial charge < -0.3 is 0 Å². The third-order valence-electron chi connectivity index (χ3n) is 10.9. The van der Waals surface area contributed by atoms with E-state index < -0.39 is 17.3 Å². The second kappa shape index (κ2) is 5.39. The number of hydrogen-bond acceptors (Lipinski definition) is 6. The molecule has 7 saturated carbocycles. The molecule has 8 nitrogen and oxygen atoms in total. The van der Waals surface area contributed by atoms with Gasteiger partial charge in [-0.2, -0.15) is 0 Å². The zero-order chi connectivity index (χ0) is 22.5. The van der Waals surface area contributed by atoms with Crippen LogP contribution in [0.25, 0.3) is 0 Å². The van der Waals surface area contributed by atoms with Crippen LogP contribution >= 0.6 is 0 Å². The van der Waals surface area contributed by atoms with Gasteiger partial charge in [0.05, 0.1) is 0 Å². The fourth-order valence-electron chi connectivity index (χ4n) is 10.5. The first kappa shape index (κ1) is 19.1. The van der Waals surface area contributed by atoms with Crippen molar-refractivity contribution in [3.8, 4) is 0 Å². The molecule has 7 aliphatic carbocycles. The Balaban J connectivity index is 1.39. The molecule has 10 atom stereocenters. The maximum absolute atomic E-state index is 13.8. The van der Waals surface area contributed by atoms with E-state index in [-0.39, 0.29) is 95.5 Å². The number of carbonyl (C=O) groups is 6. The Morgan fingerprint density at radius 2 is 1.09 bits per heavy atom. The van der Waals surface area contributed by atoms with E-state index in [9.17, 15) is 28.8 Å². The van der Waals surface area contributed by atoms with Crippen LogP contribution in [0.3, 0.4) is 0 Å². The first-order valence-corrected chi connectivity index (χ1v) is 11.9. The van der Waals surface area contributed by atoms with E-state index in [1.165, 1.54) is 23.6 Å². The molecule has 168 valence electrons. The molecule has 4 amide bonds. The van der Waals surface area contributed by atoms with Crippen LogP contribution in [0.4, 0.5) is 0 Å². The van der Waals surface area contributed by atoms with Crippen molar-refractivity contribution in [3.63, 3.8) is 0 Å². The second-order valence-corrected chi connectivity index (χ2v) is 11.3. The summed E-state index contributed by atoms with van der Waals surface area (Å²) in [6, 6.07) is 0. The maximum Gasteiger partial charge on any atom is 0.229 e. The summed E-state index contributed by atoms with van der Waals surface area (Å²) in [5.41, 5.74) is -0.602. The Morgan fingerprint density at radius 3 is 1.53 bits per heavy atom. The molecular weight excluding hydrogens is 412 g/mol. The van der Waals surface area contributed by atoms with E-state index in [4.69, 9.17) is 0 Å². The van der Waals surface area contributed by atoms with E-state index in [2.05, 4.69) is 0 Å². The first-order chi connectivity index (χ1) is 15.2. The lowest BCUT2D eigenvalue weighted by Crippen LogP contribution is -2.66. The van der Waals surface area contributed by atoms with Crippen LogP contribution in [-0.4, -0.2) is 58.1 Å². The molecule has 0 aromatic heterocycles. The Morgan fingerprint density at radius 1 is 0.688 bits per heavy atom. The van der Waals surface area contributed by atoms with Crippen LogP contribution in [0.1, 0.15) is 39.5 Å². The SMILES string of the molecule is CC(=O)N1CCC23C4C(=O)C(CC1=O)C2C1C2CC(=O)N(C(C)=O)CCC15C4C5C3C2=O. The van der Waals surface area contributed by atoms with Crippen LogP contribution in [0.5, 0.6) is 0 Å². The summed E-state index contributed by atoms with van der Waals surface area (Å²) in [5, 5.41) is 0. The van der Waals surface area contributed by atoms with Crippen molar-refractivity contribution in [1.29, 1.82) is 0 Å². The fourth-order valence-corrected chi connectivity index (χ4v) is 10.5. The van der Waals surface area contributed by atoms with Crippen molar-refractivity contribution in [2.24, 2.45) is 58.2 Å². The molecule has 0 aromatic carbocycles. The van der Waals surface area contributed by atoms with Crippen LogP contribution in [0.2, 0.25) is 0 Å². The summed E-state index contributed by atoms with van der Waals surface area (Å²) in [4.78, 5) is 80.3. The summed E-state index contributed by atoms with van der Waals surface area (Å²) < 4.78 is 0. The van der Waals surface area contributed by atoms with Crippen LogP contribution < -0.4 is 0 Å². The van der Waals surface area contributed by atoms with Crippen molar-refractivity contribution in [1.82, 2.24) is 9.80 Å². The van der Waals surface area contributed by atoms with Crippen molar-refractivity contribution >= 4 is 35.2 Å². The highest BCUT2D eigenvalue weighted by molar-refractivity contribution is 6.03. The Bertz CT molecular complexity index is 1070. The third-order valence-corrected chi connectivity index (χ3v) is 10.9. The minimum atomic E-state index is -0.457. The lowest BCUT2D eigenvalue weighted by molar-refractivity contribution is -0.192. The van der Waals surface area contributed by atoms with E-state index in [0.29, 0.717) is 19.4 Å². The van der Waals surface area contributed by atoms with Gasteiger partial charge >= 0.3 is 0 Å². The van der Waals surface area contributed by atoms with Gasteiger partial charge in [0.2, 0.25) is 23.6 Å². The number of ketones is 2. The van der Waals surface area contributed by atoms with E-state index >= 15 is 0 Å². The summed E-state index contributed by atoms with van der Waals surface area (Å²) in [7, 11) is 0. The van der Waals surface area contributed by atoms with Crippen LogP contribution in [-0.2, 0) is 28.8 Å². The average Bonchev–Trinajstić information content (AvgIpc) is 3.17. The van der Waals surface area contributed by atoms with Gasteiger partial charge in [-0.15, -0.1) is 0 Å². The Kier molecular flexibility index (Phi) is 3.22. The predicted molar refractivity (Wildman–Crippen MR) is 106 cm³/mol. The van der Waals surface area contributed by atoms with Crippen molar-refractivity contribution in [3.05, 3.63) is 0 Å². The number of hydrogen-bond donors (Lipinski definition) is 0. The number of rotatable bonds is 0. The molecule has 2 saturated heterocycles. The molecule has 9 rings (SSSR count). The number of Topliss-reactive ketones (excluding diaryl/α,β-unsaturated/α-hetero) is 2. The molecule has 9 fully saturated rings. The first-order valence-electron chi connectivity index (χ1n) is 11.9. The van der Waals surface area contributed by atoms with Gasteiger partial charge in [0.1, 0.15) is 11.6 Å². The number of likely N-dealkylation sites (tertiary alicyclic amines) is 2. The normalized spacial score (nSPS) is 51.9. The minimum absolute atomic E-state index is 0.0342. The summed E-state index contributed by atoms with van der Waals surface area (Å²) in [6.07, 6.45) is 1.25. The quantitative estimate of drug-likeness (QED) is 0.543. The van der Waals surface area contributed by atoms with Gasteiger partial charge in [0, 0.05) is 63.5 Å². The highest BCUT2D eigenvalue weighted by atomic mass is 16.2. The predicted octanol–water partition coefficient (Wildman–Crippen LogP) is 0.433. The third kappa shape index (κ3) is 1.69. The highest BCUT2D eigenvalue weighted by Gasteiger charge is 2.96. The number of carbonyl (C=O) groups excluding carboxylic acids is 6. The van der Waals surface area contributed by atoms with Crippen molar-refractivity contribution in [2.75, 3.05) is 13.1 Å². The molecule has 0 N–H and O–H groups in total. The molecule has 0 aromatic rings. The molecule has 32 heavy (non-hydrogen) atoms. The largest absolute Gasteiger partial charge is 0.299 e. The van der Waals surface area contributed by atoms with Gasteiger partial charge in [0.15, 0.2) is 0 Å². The Labute approximate surface area is 185 Å². The van der Waals surface area contributed by atoms with Gasteiger partial charge in [-0.05, 0) is 47.3 Å². The van der Waals surface area contributed by atoms with E-state index in [0.717, 1.165) is 0 Å². The molecule has 10 bridgehead atoms. The lowest BCUT2D eigenvalue weighted by Gasteiger charge is -2.63. The van der Waals surface area contributed by atoms with Gasteiger partial charge in [-0.3, -0.25) is 38.6 Å². The molecule has 8 heteroatoms. The zero-order valence-electron chi connectivity index (χ0n) is 18.2. The standard InChI is InChI=1S/C24H26N2O6/c1-9(27)25-5-3-23-15-11(7-13(25)29)21(31)19-17(23)18(23)20-22(32)12-8-14(30)26(10(2)28)6-4-24(19,20)16(12)15/h11-12,15-20H,3-8H2,1-2H3. The summed E-state index contributed by atoms with van der Waals surface area (Å²) in [6.45, 7) is 3.39. The highest BCUT2D eigenvalue weighted by Crippen LogP contribution is 2.94. The van der Waals surface area contributed by atoms with Gasteiger partial charge in [-0.1, -0.05) is 0 Å². The Hall–Kier alpha value is -2.38. The van der Waals surface area contributed by atoms with E-state index in [1.54, 1.807) is 0 Å². The fraction of sp³-hybridized carbons (Fsp3) is 0.750. The van der Waals surface area contributed by atoms with Crippen LogP contribution in [0, 0.1) is 58.2 Å². The van der Waals surface area contributed by atoms with Crippen LogP contribution in [0.15, 0.2) is 0 Å². The zero-order valence-corrected chi connectivity index (χ0v) is 18.2. The molecule has 2 aliphatic heterocycles. The summed E-state index contributed by atoms with van der Waals surface area (Å²) >= 11 is 0. The number of amides is 4. The molecule has 9 aliphatic rings. The minimum Gasteiger partial charge on any atom is -0.299 e. The number of imide groups is 2. The second-order valence-electron chi connectivity index (χ2n) is 11.3. The summed E-state index contributed by atoms with van der Waals surface area (Å²) in [5.74, 6) is -2.15. The monoisotopic (exact) mass is 438 g/mol. The van der Waals surface area contributed by atoms with E-state index in [1.807, 2.05) is 0 Å². The smallest absolute Gasteiger partial charge is 0.229 e. The average molecular weight is 438 g/mol. The molecular formula is C24H26N2O6. The lowest BCUT2D eigenvalue weighted by atomic mass is 9.39.